The highest BCUT2D eigenvalue weighted by Gasteiger charge is 2.36. The second kappa shape index (κ2) is 6.02. The number of ether oxygens (including phenoxy) is 1. The van der Waals surface area contributed by atoms with Gasteiger partial charge in [-0.15, -0.1) is 0 Å². The summed E-state index contributed by atoms with van der Waals surface area (Å²) in [7, 11) is 0. The van der Waals surface area contributed by atoms with E-state index in [1.807, 2.05) is 0 Å². The van der Waals surface area contributed by atoms with E-state index in [1.165, 1.54) is 24.3 Å². The maximum absolute atomic E-state index is 12.2. The molecular formula is C16H9Cl2NO4. The summed E-state index contributed by atoms with van der Waals surface area (Å²) in [5.41, 5.74) is 0.539. The third-order valence-corrected chi connectivity index (χ3v) is 3.83. The van der Waals surface area contributed by atoms with Crippen molar-refractivity contribution in [3.63, 3.8) is 0 Å². The molecule has 0 radical (unpaired) electrons. The number of esters is 1. The van der Waals surface area contributed by atoms with Crippen molar-refractivity contribution < 1.29 is 19.1 Å². The van der Waals surface area contributed by atoms with Crippen LogP contribution < -0.4 is 4.74 Å². The zero-order valence-electron chi connectivity index (χ0n) is 11.6. The van der Waals surface area contributed by atoms with Crippen LogP contribution in [0.5, 0.6) is 5.75 Å². The van der Waals surface area contributed by atoms with E-state index < -0.39 is 24.3 Å². The number of nitrogens with zero attached hydrogens (tertiary/aromatic N) is 1. The van der Waals surface area contributed by atoms with Crippen LogP contribution in [0.3, 0.4) is 0 Å². The first-order chi connectivity index (χ1) is 11.0. The zero-order valence-corrected chi connectivity index (χ0v) is 13.1. The van der Waals surface area contributed by atoms with Crippen LogP contribution in [0.15, 0.2) is 42.5 Å². The van der Waals surface area contributed by atoms with Crippen molar-refractivity contribution in [1.29, 1.82) is 0 Å². The first-order valence-corrected chi connectivity index (χ1v) is 7.34. The topological polar surface area (TPSA) is 63.7 Å². The lowest BCUT2D eigenvalue weighted by Gasteiger charge is -2.13. The zero-order chi connectivity index (χ0) is 16.6. The molecule has 0 fully saturated rings. The SMILES string of the molecule is O=C(CN1C(=O)c2ccccc2C1=O)Oc1cc(Cl)ccc1Cl. The fourth-order valence-corrected chi connectivity index (χ4v) is 2.54. The molecule has 0 aliphatic carbocycles. The van der Waals surface area contributed by atoms with Crippen LogP contribution in [0.4, 0.5) is 0 Å². The number of fused-ring (bicyclic) bond motifs is 1. The first kappa shape index (κ1) is 15.5. The average molecular weight is 350 g/mol. The van der Waals surface area contributed by atoms with Crippen molar-refractivity contribution >= 4 is 41.0 Å². The fraction of sp³-hybridized carbons (Fsp3) is 0.0625. The lowest BCUT2D eigenvalue weighted by Crippen LogP contribution is -2.36. The summed E-state index contributed by atoms with van der Waals surface area (Å²) in [6, 6.07) is 10.8. The molecule has 1 aliphatic heterocycles. The van der Waals surface area contributed by atoms with Gasteiger partial charge < -0.3 is 4.74 Å². The molecule has 2 aromatic carbocycles. The van der Waals surface area contributed by atoms with Crippen LogP contribution in [0.2, 0.25) is 10.0 Å². The maximum Gasteiger partial charge on any atom is 0.331 e. The molecule has 1 heterocycles. The molecule has 2 aromatic rings. The summed E-state index contributed by atoms with van der Waals surface area (Å²) in [6.07, 6.45) is 0. The number of hydrogen-bond donors (Lipinski definition) is 0. The van der Waals surface area contributed by atoms with E-state index in [9.17, 15) is 14.4 Å². The highest BCUT2D eigenvalue weighted by molar-refractivity contribution is 6.34. The average Bonchev–Trinajstić information content (AvgIpc) is 2.76. The molecule has 0 saturated carbocycles. The minimum absolute atomic E-state index is 0.0702. The van der Waals surface area contributed by atoms with Gasteiger partial charge in [-0.1, -0.05) is 35.3 Å². The van der Waals surface area contributed by atoms with Crippen molar-refractivity contribution in [2.45, 2.75) is 0 Å². The van der Waals surface area contributed by atoms with E-state index in [-0.39, 0.29) is 21.9 Å². The number of halogens is 2. The molecule has 23 heavy (non-hydrogen) atoms. The van der Waals surface area contributed by atoms with Gasteiger partial charge >= 0.3 is 5.97 Å². The lowest BCUT2D eigenvalue weighted by molar-refractivity contribution is -0.134. The van der Waals surface area contributed by atoms with Crippen LogP contribution >= 0.6 is 23.2 Å². The molecule has 0 N–H and O–H groups in total. The molecule has 1 aliphatic rings. The Hall–Kier alpha value is -2.37. The number of amides is 2. The van der Waals surface area contributed by atoms with Gasteiger partial charge in [0.2, 0.25) is 0 Å². The summed E-state index contributed by atoms with van der Waals surface area (Å²) < 4.78 is 5.08. The maximum atomic E-state index is 12.2. The summed E-state index contributed by atoms with van der Waals surface area (Å²) in [4.78, 5) is 37.2. The quantitative estimate of drug-likeness (QED) is 0.485. The number of carbonyl (C=O) groups is 3. The monoisotopic (exact) mass is 349 g/mol. The lowest BCUT2D eigenvalue weighted by atomic mass is 10.1. The Balaban J connectivity index is 1.76. The Labute approximate surface area is 141 Å². The van der Waals surface area contributed by atoms with Crippen LogP contribution in [0.25, 0.3) is 0 Å². The molecule has 0 atom stereocenters. The van der Waals surface area contributed by atoms with Gasteiger partial charge in [-0.05, 0) is 24.3 Å². The van der Waals surface area contributed by atoms with Crippen molar-refractivity contribution in [1.82, 2.24) is 4.90 Å². The molecule has 2 amide bonds. The van der Waals surface area contributed by atoms with Gasteiger partial charge in [0.25, 0.3) is 11.8 Å². The van der Waals surface area contributed by atoms with E-state index in [4.69, 9.17) is 27.9 Å². The van der Waals surface area contributed by atoms with Crippen molar-refractivity contribution in [3.05, 3.63) is 63.6 Å². The van der Waals surface area contributed by atoms with Crippen LogP contribution in [-0.4, -0.2) is 29.2 Å². The number of hydrogen-bond acceptors (Lipinski definition) is 4. The molecule has 3 rings (SSSR count). The van der Waals surface area contributed by atoms with E-state index in [0.29, 0.717) is 5.02 Å². The Kier molecular flexibility index (Phi) is 4.07. The van der Waals surface area contributed by atoms with Crippen molar-refractivity contribution in [3.8, 4) is 5.75 Å². The van der Waals surface area contributed by atoms with Crippen molar-refractivity contribution in [2.24, 2.45) is 0 Å². The van der Waals surface area contributed by atoms with Crippen LogP contribution in [-0.2, 0) is 4.79 Å². The molecule has 7 heteroatoms. The smallest absolute Gasteiger partial charge is 0.331 e. The highest BCUT2D eigenvalue weighted by Crippen LogP contribution is 2.28. The van der Waals surface area contributed by atoms with Gasteiger partial charge in [0.15, 0.2) is 5.75 Å². The molecule has 116 valence electrons. The minimum atomic E-state index is -0.788. The van der Waals surface area contributed by atoms with Gasteiger partial charge in [0, 0.05) is 11.1 Å². The van der Waals surface area contributed by atoms with Crippen LogP contribution in [0, 0.1) is 0 Å². The molecule has 0 saturated heterocycles. The molecule has 5 nitrogen and oxygen atoms in total. The Morgan fingerprint density at radius 3 is 2.22 bits per heavy atom. The van der Waals surface area contributed by atoms with Crippen molar-refractivity contribution in [2.75, 3.05) is 6.54 Å². The largest absolute Gasteiger partial charge is 0.424 e. The van der Waals surface area contributed by atoms with E-state index in [1.54, 1.807) is 18.2 Å². The molecule has 0 spiro atoms. The Morgan fingerprint density at radius 1 is 1.00 bits per heavy atom. The summed E-state index contributed by atoms with van der Waals surface area (Å²) in [5.74, 6) is -1.77. The second-order valence-electron chi connectivity index (χ2n) is 4.79. The number of rotatable bonds is 3. The number of carbonyl (C=O) groups excluding carboxylic acids is 3. The Bertz CT molecular complexity index is 800. The van der Waals surface area contributed by atoms with Gasteiger partial charge in [0.1, 0.15) is 6.54 Å². The molecule has 0 bridgehead atoms. The van der Waals surface area contributed by atoms with E-state index in [0.717, 1.165) is 4.90 Å². The molecule has 0 unspecified atom stereocenters. The predicted molar refractivity (Wildman–Crippen MR) is 83.9 cm³/mol. The third-order valence-electron chi connectivity index (χ3n) is 3.28. The summed E-state index contributed by atoms with van der Waals surface area (Å²) in [6.45, 7) is -0.505. The van der Waals surface area contributed by atoms with E-state index in [2.05, 4.69) is 0 Å². The molecular weight excluding hydrogens is 341 g/mol. The summed E-state index contributed by atoms with van der Waals surface area (Å²) in [5, 5.41) is 0.544. The highest BCUT2D eigenvalue weighted by atomic mass is 35.5. The van der Waals surface area contributed by atoms with Crippen LogP contribution in [0.1, 0.15) is 20.7 Å². The number of benzene rings is 2. The second-order valence-corrected chi connectivity index (χ2v) is 5.63. The van der Waals surface area contributed by atoms with Gasteiger partial charge in [-0.2, -0.15) is 0 Å². The first-order valence-electron chi connectivity index (χ1n) is 6.58. The van der Waals surface area contributed by atoms with Gasteiger partial charge in [0.05, 0.1) is 16.1 Å². The number of imide groups is 1. The fourth-order valence-electron chi connectivity index (χ4n) is 2.22. The van der Waals surface area contributed by atoms with Gasteiger partial charge in [-0.25, -0.2) is 4.79 Å². The molecule has 0 aromatic heterocycles. The normalized spacial score (nSPS) is 13.2. The summed E-state index contributed by atoms with van der Waals surface area (Å²) >= 11 is 11.7. The van der Waals surface area contributed by atoms with Gasteiger partial charge in [-0.3, -0.25) is 14.5 Å². The van der Waals surface area contributed by atoms with E-state index >= 15 is 0 Å². The Morgan fingerprint density at radius 2 is 1.61 bits per heavy atom. The predicted octanol–water partition coefficient (Wildman–Crippen LogP) is 3.20. The third kappa shape index (κ3) is 2.93. The minimum Gasteiger partial charge on any atom is -0.424 e. The standard InChI is InChI=1S/C16H9Cl2NO4/c17-9-5-6-12(18)13(7-9)23-14(20)8-19-15(21)10-3-1-2-4-11(10)16(19)22/h1-7H,8H2.